The summed E-state index contributed by atoms with van der Waals surface area (Å²) in [5, 5.41) is 36.1. The summed E-state index contributed by atoms with van der Waals surface area (Å²) in [6.07, 6.45) is -2.38. The molecule has 0 bridgehead atoms. The van der Waals surface area contributed by atoms with Gasteiger partial charge >= 0.3 is 0 Å². The van der Waals surface area contributed by atoms with Crippen molar-refractivity contribution in [3.8, 4) is 0 Å². The lowest BCUT2D eigenvalue weighted by molar-refractivity contribution is -0.205. The predicted molar refractivity (Wildman–Crippen MR) is 116 cm³/mol. The Hall–Kier alpha value is -0.230. The number of thioether (sulfide) groups is 1. The van der Waals surface area contributed by atoms with Gasteiger partial charge in [0.1, 0.15) is 29.9 Å². The van der Waals surface area contributed by atoms with Gasteiger partial charge in [-0.05, 0) is 51.3 Å². The minimum absolute atomic E-state index is 0.0928. The standard InChI is InChI=1S/C20H35ClF2N2O5S/c1-10(21)14(18-16(27)15(26)17(28)20(30-18)31-2)25-19(29)12-7-6-11(8-9-24-12)4-3-5-13(22)23/h10-18,20,24,26-28H,3-9H2,1-2H3,(H,25,29)/t10-,11-,12?,14+,15-,16+,17+,18+,20+/m0/s1. The quantitative estimate of drug-likeness (QED) is 0.312. The fourth-order valence-electron chi connectivity index (χ4n) is 4.27. The first-order valence-corrected chi connectivity index (χ1v) is 12.6. The molecule has 2 rings (SSSR count). The summed E-state index contributed by atoms with van der Waals surface area (Å²) >= 11 is 7.49. The maximum atomic E-state index is 12.9. The van der Waals surface area contributed by atoms with E-state index in [1.807, 2.05) is 0 Å². The van der Waals surface area contributed by atoms with Gasteiger partial charge in [0.05, 0.1) is 17.5 Å². The average Bonchev–Trinajstić information content (AvgIpc) is 2.96. The van der Waals surface area contributed by atoms with Crippen molar-refractivity contribution in [3.05, 3.63) is 0 Å². The number of aliphatic hydroxyl groups excluding tert-OH is 3. The highest BCUT2D eigenvalue weighted by Gasteiger charge is 2.48. The van der Waals surface area contributed by atoms with Crippen LogP contribution in [0.25, 0.3) is 0 Å². The van der Waals surface area contributed by atoms with Crippen molar-refractivity contribution < 1.29 is 33.6 Å². The van der Waals surface area contributed by atoms with E-state index < -0.39 is 53.7 Å². The van der Waals surface area contributed by atoms with E-state index >= 15 is 0 Å². The number of carbonyl (C=O) groups is 1. The monoisotopic (exact) mass is 488 g/mol. The molecule has 182 valence electrons. The highest BCUT2D eigenvalue weighted by molar-refractivity contribution is 7.99. The first kappa shape index (κ1) is 27.0. The minimum atomic E-state index is -2.28. The molecule has 0 aromatic carbocycles. The van der Waals surface area contributed by atoms with E-state index in [9.17, 15) is 28.9 Å². The normalized spacial score (nSPS) is 36.6. The largest absolute Gasteiger partial charge is 0.388 e. The van der Waals surface area contributed by atoms with Crippen molar-refractivity contribution in [3.63, 3.8) is 0 Å². The summed E-state index contributed by atoms with van der Waals surface area (Å²) in [5.74, 6) is 0.0112. The molecule has 1 amide bonds. The van der Waals surface area contributed by atoms with Crippen LogP contribution in [0.15, 0.2) is 0 Å². The fraction of sp³-hybridized carbons (Fsp3) is 0.950. The number of halogens is 3. The summed E-state index contributed by atoms with van der Waals surface area (Å²) < 4.78 is 30.5. The lowest BCUT2D eigenvalue weighted by Gasteiger charge is -2.44. The molecule has 31 heavy (non-hydrogen) atoms. The van der Waals surface area contributed by atoms with Crippen LogP contribution in [0, 0.1) is 5.92 Å². The molecule has 0 aliphatic carbocycles. The molecule has 2 aliphatic rings. The van der Waals surface area contributed by atoms with E-state index in [1.165, 1.54) is 11.8 Å². The number of alkyl halides is 3. The Kier molecular flexibility index (Phi) is 11.2. The predicted octanol–water partition coefficient (Wildman–Crippen LogP) is 1.46. The topological polar surface area (TPSA) is 111 Å². The number of hydrogen-bond acceptors (Lipinski definition) is 7. The second kappa shape index (κ2) is 12.9. The zero-order chi connectivity index (χ0) is 23.1. The molecule has 0 radical (unpaired) electrons. The molecule has 2 fully saturated rings. The third-order valence-electron chi connectivity index (χ3n) is 6.15. The summed E-state index contributed by atoms with van der Waals surface area (Å²) in [5.41, 5.74) is -0.761. The van der Waals surface area contributed by atoms with Crippen LogP contribution in [0.4, 0.5) is 8.78 Å². The van der Waals surface area contributed by atoms with Gasteiger partial charge in [-0.15, -0.1) is 23.4 Å². The van der Waals surface area contributed by atoms with Crippen molar-refractivity contribution in [1.29, 1.82) is 0 Å². The second-order valence-corrected chi connectivity index (χ2v) is 10.1. The smallest absolute Gasteiger partial charge is 0.238 e. The lowest BCUT2D eigenvalue weighted by atomic mass is 9.92. The Morgan fingerprint density at radius 2 is 1.94 bits per heavy atom. The second-order valence-electron chi connectivity index (χ2n) is 8.45. The molecule has 11 heteroatoms. The molecular formula is C20H35ClF2N2O5S. The molecule has 2 saturated heterocycles. The third-order valence-corrected chi connectivity index (χ3v) is 7.28. The van der Waals surface area contributed by atoms with Gasteiger partial charge in [0.25, 0.3) is 0 Å². The zero-order valence-electron chi connectivity index (χ0n) is 17.9. The molecule has 1 unspecified atom stereocenters. The number of carbonyl (C=O) groups excluding carboxylic acids is 1. The van der Waals surface area contributed by atoms with Crippen molar-refractivity contribution in [2.24, 2.45) is 5.92 Å². The Morgan fingerprint density at radius 3 is 2.55 bits per heavy atom. The number of amides is 1. The summed E-state index contributed by atoms with van der Waals surface area (Å²) in [4.78, 5) is 12.9. The molecule has 0 spiro atoms. The van der Waals surface area contributed by atoms with E-state index in [1.54, 1.807) is 13.2 Å². The Labute approximate surface area is 191 Å². The van der Waals surface area contributed by atoms with Crippen LogP contribution in [0.1, 0.15) is 45.4 Å². The van der Waals surface area contributed by atoms with Crippen LogP contribution in [0.5, 0.6) is 0 Å². The van der Waals surface area contributed by atoms with Crippen LogP contribution >= 0.6 is 23.4 Å². The van der Waals surface area contributed by atoms with Gasteiger partial charge < -0.3 is 30.7 Å². The Morgan fingerprint density at radius 1 is 1.23 bits per heavy atom. The van der Waals surface area contributed by atoms with Crippen molar-refractivity contribution in [2.75, 3.05) is 12.8 Å². The zero-order valence-corrected chi connectivity index (χ0v) is 19.5. The Bertz CT molecular complexity index is 564. The van der Waals surface area contributed by atoms with E-state index in [0.29, 0.717) is 25.3 Å². The van der Waals surface area contributed by atoms with Gasteiger partial charge in [-0.1, -0.05) is 6.42 Å². The van der Waals surface area contributed by atoms with Crippen molar-refractivity contribution in [2.45, 2.75) is 99.2 Å². The molecule has 0 aromatic heterocycles. The van der Waals surface area contributed by atoms with Gasteiger partial charge in [-0.3, -0.25) is 4.79 Å². The molecule has 0 saturated carbocycles. The van der Waals surface area contributed by atoms with Gasteiger partial charge in [-0.25, -0.2) is 8.78 Å². The molecule has 5 N–H and O–H groups in total. The Balaban J connectivity index is 1.96. The highest BCUT2D eigenvalue weighted by Crippen LogP contribution is 2.30. The lowest BCUT2D eigenvalue weighted by Crippen LogP contribution is -2.65. The SMILES string of the molecule is CS[C@H]1O[C@H]([C@H](NC(=O)C2CC[C@H](CCCC(F)F)CCN2)[C@H](C)Cl)[C@H](O)[C@H](O)[C@H]1O. The highest BCUT2D eigenvalue weighted by atomic mass is 35.5. The number of nitrogens with one attached hydrogen (secondary N) is 2. The van der Waals surface area contributed by atoms with Gasteiger partial charge in [0.15, 0.2) is 0 Å². The number of hydrogen-bond donors (Lipinski definition) is 5. The molecule has 2 heterocycles. The third kappa shape index (κ3) is 7.65. The summed E-state index contributed by atoms with van der Waals surface area (Å²) in [6, 6.07) is -1.25. The fourth-order valence-corrected chi connectivity index (χ4v) is 5.16. The van der Waals surface area contributed by atoms with Crippen LogP contribution in [0.2, 0.25) is 0 Å². The molecule has 7 nitrogen and oxygen atoms in total. The van der Waals surface area contributed by atoms with Crippen LogP contribution in [0.3, 0.4) is 0 Å². The first-order valence-electron chi connectivity index (χ1n) is 10.8. The van der Waals surface area contributed by atoms with E-state index in [4.69, 9.17) is 16.3 Å². The van der Waals surface area contributed by atoms with Gasteiger partial charge in [-0.2, -0.15) is 0 Å². The van der Waals surface area contributed by atoms with Crippen LogP contribution < -0.4 is 10.6 Å². The molecule has 0 aromatic rings. The maximum Gasteiger partial charge on any atom is 0.238 e. The maximum absolute atomic E-state index is 12.9. The summed E-state index contributed by atoms with van der Waals surface area (Å²) in [6.45, 7) is 2.27. The van der Waals surface area contributed by atoms with Crippen molar-refractivity contribution in [1.82, 2.24) is 10.6 Å². The van der Waals surface area contributed by atoms with Crippen molar-refractivity contribution >= 4 is 29.3 Å². The van der Waals surface area contributed by atoms with Crippen LogP contribution in [-0.4, -0.2) is 87.8 Å². The van der Waals surface area contributed by atoms with E-state index in [-0.39, 0.29) is 12.3 Å². The van der Waals surface area contributed by atoms with Crippen LogP contribution in [-0.2, 0) is 9.53 Å². The number of ether oxygens (including phenoxy) is 1. The number of aliphatic hydroxyl groups is 3. The number of rotatable bonds is 9. The molecular weight excluding hydrogens is 454 g/mol. The van der Waals surface area contributed by atoms with Gasteiger partial charge in [0, 0.05) is 6.42 Å². The first-order chi connectivity index (χ1) is 14.6. The molecule has 2 aliphatic heterocycles. The van der Waals surface area contributed by atoms with E-state index in [0.717, 1.165) is 19.3 Å². The van der Waals surface area contributed by atoms with E-state index in [2.05, 4.69) is 10.6 Å². The summed E-state index contributed by atoms with van der Waals surface area (Å²) in [7, 11) is 0. The minimum Gasteiger partial charge on any atom is -0.388 e. The van der Waals surface area contributed by atoms with Gasteiger partial charge in [0.2, 0.25) is 12.3 Å². The average molecular weight is 489 g/mol. The molecule has 9 atom stereocenters.